The standard InChI is InChI=1S/C13H16N4O3/c1-3-14-12-5-4-11(17(18)19)13(15-12)16(2)8-10-6-7-20-9-10/h4-7,9H,3,8H2,1-2H3,(H,14,15). The molecule has 0 atom stereocenters. The number of furan rings is 1. The van der Waals surface area contributed by atoms with Crippen LogP contribution in [-0.2, 0) is 6.54 Å². The molecule has 2 aromatic rings. The zero-order valence-corrected chi connectivity index (χ0v) is 11.4. The van der Waals surface area contributed by atoms with E-state index >= 15 is 0 Å². The molecule has 20 heavy (non-hydrogen) atoms. The minimum absolute atomic E-state index is 0.0161. The predicted octanol–water partition coefficient (Wildman–Crippen LogP) is 2.65. The fourth-order valence-electron chi connectivity index (χ4n) is 1.88. The SMILES string of the molecule is CCNc1ccc([N+](=O)[O-])c(N(C)Cc2ccoc2)n1. The lowest BCUT2D eigenvalue weighted by Crippen LogP contribution is -2.19. The van der Waals surface area contributed by atoms with Crippen LogP contribution in [0.5, 0.6) is 0 Å². The topological polar surface area (TPSA) is 84.4 Å². The van der Waals surface area contributed by atoms with Crippen LogP contribution in [0.15, 0.2) is 35.1 Å². The van der Waals surface area contributed by atoms with E-state index in [1.165, 1.54) is 6.07 Å². The molecule has 0 bridgehead atoms. The number of nitro groups is 1. The maximum atomic E-state index is 11.1. The minimum Gasteiger partial charge on any atom is -0.472 e. The largest absolute Gasteiger partial charge is 0.472 e. The Labute approximate surface area is 116 Å². The van der Waals surface area contributed by atoms with Crippen molar-refractivity contribution in [3.8, 4) is 0 Å². The van der Waals surface area contributed by atoms with Gasteiger partial charge < -0.3 is 14.6 Å². The van der Waals surface area contributed by atoms with Crippen molar-refractivity contribution in [2.75, 3.05) is 23.8 Å². The zero-order valence-electron chi connectivity index (χ0n) is 11.4. The first-order chi connectivity index (χ1) is 9.61. The first-order valence-corrected chi connectivity index (χ1v) is 6.23. The Kier molecular flexibility index (Phi) is 4.19. The van der Waals surface area contributed by atoms with Gasteiger partial charge in [0.25, 0.3) is 0 Å². The summed E-state index contributed by atoms with van der Waals surface area (Å²) >= 11 is 0. The first-order valence-electron chi connectivity index (χ1n) is 6.23. The molecule has 0 aliphatic carbocycles. The molecule has 2 heterocycles. The molecule has 2 aromatic heterocycles. The third-order valence-electron chi connectivity index (χ3n) is 2.77. The van der Waals surface area contributed by atoms with Crippen LogP contribution in [0.3, 0.4) is 0 Å². The Bertz CT molecular complexity index is 583. The Morgan fingerprint density at radius 2 is 2.25 bits per heavy atom. The van der Waals surface area contributed by atoms with Crippen molar-refractivity contribution in [2.45, 2.75) is 13.5 Å². The molecular formula is C13H16N4O3. The van der Waals surface area contributed by atoms with Crippen LogP contribution >= 0.6 is 0 Å². The fraction of sp³-hybridized carbons (Fsp3) is 0.308. The summed E-state index contributed by atoms with van der Waals surface area (Å²) in [6.45, 7) is 3.13. The second-order valence-electron chi connectivity index (χ2n) is 4.31. The van der Waals surface area contributed by atoms with Crippen LogP contribution < -0.4 is 10.2 Å². The van der Waals surface area contributed by atoms with E-state index in [0.717, 1.165) is 5.56 Å². The van der Waals surface area contributed by atoms with E-state index in [1.54, 1.807) is 30.5 Å². The number of anilines is 2. The number of aromatic nitrogens is 1. The molecule has 0 fully saturated rings. The van der Waals surface area contributed by atoms with E-state index in [9.17, 15) is 10.1 Å². The molecule has 0 unspecified atom stereocenters. The molecule has 0 radical (unpaired) electrons. The number of hydrogen-bond acceptors (Lipinski definition) is 6. The van der Waals surface area contributed by atoms with Gasteiger partial charge >= 0.3 is 5.69 Å². The van der Waals surface area contributed by atoms with Gasteiger partial charge in [0, 0.05) is 31.8 Å². The van der Waals surface area contributed by atoms with E-state index in [0.29, 0.717) is 24.7 Å². The highest BCUT2D eigenvalue weighted by Gasteiger charge is 2.20. The Morgan fingerprint density at radius 1 is 1.45 bits per heavy atom. The summed E-state index contributed by atoms with van der Waals surface area (Å²) in [5.74, 6) is 0.946. The highest BCUT2D eigenvalue weighted by Crippen LogP contribution is 2.27. The van der Waals surface area contributed by atoms with Crippen molar-refractivity contribution >= 4 is 17.3 Å². The second kappa shape index (κ2) is 6.05. The van der Waals surface area contributed by atoms with Crippen LogP contribution in [0, 0.1) is 10.1 Å². The Balaban J connectivity index is 2.30. The lowest BCUT2D eigenvalue weighted by atomic mass is 10.3. The average molecular weight is 276 g/mol. The van der Waals surface area contributed by atoms with Gasteiger partial charge in [0.2, 0.25) is 5.82 Å². The zero-order chi connectivity index (χ0) is 14.5. The first kappa shape index (κ1) is 13.9. The van der Waals surface area contributed by atoms with Crippen LogP contribution in [0.25, 0.3) is 0 Å². The lowest BCUT2D eigenvalue weighted by molar-refractivity contribution is -0.384. The molecule has 2 rings (SSSR count). The molecule has 0 saturated heterocycles. The summed E-state index contributed by atoms with van der Waals surface area (Å²) in [4.78, 5) is 16.7. The van der Waals surface area contributed by atoms with Crippen LogP contribution in [-0.4, -0.2) is 23.5 Å². The van der Waals surface area contributed by atoms with Gasteiger partial charge in [0.05, 0.1) is 17.4 Å². The summed E-state index contributed by atoms with van der Waals surface area (Å²) in [7, 11) is 1.76. The predicted molar refractivity (Wildman–Crippen MR) is 75.9 cm³/mol. The molecule has 0 spiro atoms. The number of hydrogen-bond donors (Lipinski definition) is 1. The monoisotopic (exact) mass is 276 g/mol. The van der Waals surface area contributed by atoms with E-state index in [1.807, 2.05) is 13.0 Å². The molecule has 106 valence electrons. The molecular weight excluding hydrogens is 260 g/mol. The molecule has 0 aliphatic heterocycles. The molecule has 7 nitrogen and oxygen atoms in total. The van der Waals surface area contributed by atoms with Crippen molar-refractivity contribution in [2.24, 2.45) is 0 Å². The van der Waals surface area contributed by atoms with Crippen LogP contribution in [0.4, 0.5) is 17.3 Å². The minimum atomic E-state index is -0.427. The molecule has 0 aliphatic rings. The maximum absolute atomic E-state index is 11.1. The normalized spacial score (nSPS) is 10.3. The van der Waals surface area contributed by atoms with E-state index in [-0.39, 0.29) is 5.69 Å². The Hall–Kier alpha value is -2.57. The van der Waals surface area contributed by atoms with Gasteiger partial charge in [0.1, 0.15) is 5.82 Å². The van der Waals surface area contributed by atoms with E-state index < -0.39 is 4.92 Å². The fourth-order valence-corrected chi connectivity index (χ4v) is 1.88. The highest BCUT2D eigenvalue weighted by molar-refractivity contribution is 5.61. The van der Waals surface area contributed by atoms with Crippen molar-refractivity contribution in [1.29, 1.82) is 0 Å². The van der Waals surface area contributed by atoms with Gasteiger partial charge in [-0.15, -0.1) is 0 Å². The van der Waals surface area contributed by atoms with E-state index in [4.69, 9.17) is 4.42 Å². The van der Waals surface area contributed by atoms with Gasteiger partial charge in [0.15, 0.2) is 0 Å². The van der Waals surface area contributed by atoms with Crippen LogP contribution in [0.1, 0.15) is 12.5 Å². The molecule has 1 N–H and O–H groups in total. The molecule has 7 heteroatoms. The van der Waals surface area contributed by atoms with E-state index in [2.05, 4.69) is 10.3 Å². The van der Waals surface area contributed by atoms with Crippen molar-refractivity contribution in [1.82, 2.24) is 4.98 Å². The summed E-state index contributed by atoms with van der Waals surface area (Å²) in [6.07, 6.45) is 3.18. The summed E-state index contributed by atoms with van der Waals surface area (Å²) in [6, 6.07) is 4.89. The molecule has 0 saturated carbocycles. The number of pyridine rings is 1. The number of rotatable bonds is 6. The Morgan fingerprint density at radius 3 is 2.85 bits per heavy atom. The van der Waals surface area contributed by atoms with Crippen LogP contribution in [0.2, 0.25) is 0 Å². The van der Waals surface area contributed by atoms with Crippen molar-refractivity contribution < 1.29 is 9.34 Å². The second-order valence-corrected chi connectivity index (χ2v) is 4.31. The van der Waals surface area contributed by atoms with Gasteiger partial charge in [-0.3, -0.25) is 10.1 Å². The quantitative estimate of drug-likeness (QED) is 0.645. The summed E-state index contributed by atoms with van der Waals surface area (Å²) < 4.78 is 5.00. The van der Waals surface area contributed by atoms with Crippen molar-refractivity contribution in [3.63, 3.8) is 0 Å². The van der Waals surface area contributed by atoms with Gasteiger partial charge in [-0.05, 0) is 19.1 Å². The van der Waals surface area contributed by atoms with Gasteiger partial charge in [-0.25, -0.2) is 4.98 Å². The van der Waals surface area contributed by atoms with Gasteiger partial charge in [-0.1, -0.05) is 0 Å². The van der Waals surface area contributed by atoms with Gasteiger partial charge in [-0.2, -0.15) is 0 Å². The molecule has 0 aromatic carbocycles. The van der Waals surface area contributed by atoms with Crippen molar-refractivity contribution in [3.05, 3.63) is 46.4 Å². The third-order valence-corrected chi connectivity index (χ3v) is 2.77. The highest BCUT2D eigenvalue weighted by atomic mass is 16.6. The maximum Gasteiger partial charge on any atom is 0.311 e. The smallest absolute Gasteiger partial charge is 0.311 e. The number of nitrogens with zero attached hydrogens (tertiary/aromatic N) is 3. The third kappa shape index (κ3) is 3.05. The average Bonchev–Trinajstić information content (AvgIpc) is 2.91. The summed E-state index contributed by atoms with van der Waals surface area (Å²) in [5, 5.41) is 14.1. The molecule has 0 amide bonds. The lowest BCUT2D eigenvalue weighted by Gasteiger charge is -2.18. The number of nitrogens with one attached hydrogen (secondary N) is 1. The summed E-state index contributed by atoms with van der Waals surface area (Å²) in [5.41, 5.74) is 0.912.